The minimum Gasteiger partial charge on any atom is -0.381 e. The molecule has 1 heterocycles. The number of halogens is 2. The molecule has 4 unspecified atom stereocenters. The van der Waals surface area contributed by atoms with E-state index in [4.69, 9.17) is 27.9 Å². The van der Waals surface area contributed by atoms with Gasteiger partial charge in [0, 0.05) is 25.0 Å². The Morgan fingerprint density at radius 1 is 1.39 bits per heavy atom. The van der Waals surface area contributed by atoms with Gasteiger partial charge in [-0.1, -0.05) is 29.3 Å². The number of benzene rings is 1. The third-order valence-corrected chi connectivity index (χ3v) is 5.44. The molecule has 4 heteroatoms. The van der Waals surface area contributed by atoms with Gasteiger partial charge in [-0.3, -0.25) is 0 Å². The summed E-state index contributed by atoms with van der Waals surface area (Å²) < 4.78 is 5.52. The third-order valence-electron chi connectivity index (χ3n) is 4.70. The fraction of sp³-hybridized carbons (Fsp3) is 0.571. The first kappa shape index (κ1) is 12.7. The molecule has 18 heavy (non-hydrogen) atoms. The summed E-state index contributed by atoms with van der Waals surface area (Å²) in [6, 6.07) is 6.03. The molecule has 0 spiro atoms. The van der Waals surface area contributed by atoms with Gasteiger partial charge in [-0.15, -0.1) is 0 Å². The molecule has 0 aromatic heterocycles. The second-order valence-electron chi connectivity index (χ2n) is 5.37. The van der Waals surface area contributed by atoms with Crippen LogP contribution in [0.4, 0.5) is 0 Å². The van der Waals surface area contributed by atoms with Crippen LogP contribution in [-0.4, -0.2) is 26.3 Å². The summed E-state index contributed by atoms with van der Waals surface area (Å²) >= 11 is 12.2. The Kier molecular flexibility index (Phi) is 3.10. The number of rotatable bonds is 3. The number of fused-ring (bicyclic) bond motifs is 1. The number of hydrogen-bond donors (Lipinski definition) is 1. The largest absolute Gasteiger partial charge is 0.381 e. The molecule has 2 nitrogen and oxygen atoms in total. The van der Waals surface area contributed by atoms with Gasteiger partial charge in [0.25, 0.3) is 0 Å². The summed E-state index contributed by atoms with van der Waals surface area (Å²) in [7, 11) is 1.79. The third kappa shape index (κ3) is 1.63. The summed E-state index contributed by atoms with van der Waals surface area (Å²) in [5.41, 5.74) is 1.49. The molecule has 98 valence electrons. The molecule has 1 aliphatic heterocycles. The molecular weight excluding hydrogens is 269 g/mol. The highest BCUT2D eigenvalue weighted by Crippen LogP contribution is 2.64. The van der Waals surface area contributed by atoms with E-state index in [9.17, 15) is 0 Å². The lowest BCUT2D eigenvalue weighted by atomic mass is 9.91. The normalized spacial score (nSPS) is 35.3. The highest BCUT2D eigenvalue weighted by molar-refractivity contribution is 6.42. The molecule has 0 radical (unpaired) electrons. The van der Waals surface area contributed by atoms with Crippen LogP contribution in [0, 0.1) is 11.8 Å². The molecular formula is C14H17Cl2NO. The Hall–Kier alpha value is -0.280. The Bertz CT molecular complexity index is 479. The van der Waals surface area contributed by atoms with E-state index in [1.54, 1.807) is 7.11 Å². The highest BCUT2D eigenvalue weighted by atomic mass is 35.5. The van der Waals surface area contributed by atoms with Gasteiger partial charge >= 0.3 is 0 Å². The van der Waals surface area contributed by atoms with Gasteiger partial charge in [0.1, 0.15) is 0 Å². The van der Waals surface area contributed by atoms with Crippen LogP contribution in [0.15, 0.2) is 18.2 Å². The van der Waals surface area contributed by atoms with E-state index in [-0.39, 0.29) is 11.5 Å². The zero-order valence-corrected chi connectivity index (χ0v) is 12.1. The molecule has 1 N–H and O–H groups in total. The van der Waals surface area contributed by atoms with Gasteiger partial charge in [-0.05, 0) is 37.1 Å². The van der Waals surface area contributed by atoms with Crippen molar-refractivity contribution in [1.29, 1.82) is 0 Å². The molecule has 1 aliphatic carbocycles. The first-order valence-corrected chi connectivity index (χ1v) is 7.06. The van der Waals surface area contributed by atoms with E-state index in [0.29, 0.717) is 21.9 Å². The summed E-state index contributed by atoms with van der Waals surface area (Å²) in [6.07, 6.45) is 0.284. The molecule has 3 rings (SSSR count). The Morgan fingerprint density at radius 3 is 2.83 bits per heavy atom. The van der Waals surface area contributed by atoms with Crippen molar-refractivity contribution >= 4 is 23.2 Å². The van der Waals surface area contributed by atoms with Gasteiger partial charge in [-0.2, -0.15) is 0 Å². The zero-order valence-electron chi connectivity index (χ0n) is 10.5. The maximum atomic E-state index is 6.15. The summed E-state index contributed by atoms with van der Waals surface area (Å²) in [6.45, 7) is 4.23. The first-order valence-electron chi connectivity index (χ1n) is 6.30. The van der Waals surface area contributed by atoms with Crippen molar-refractivity contribution in [3.63, 3.8) is 0 Å². The molecule has 2 fully saturated rings. The second-order valence-corrected chi connectivity index (χ2v) is 6.19. The number of piperidine rings is 1. The molecule has 1 saturated carbocycles. The monoisotopic (exact) mass is 285 g/mol. The average Bonchev–Trinajstić information content (AvgIpc) is 2.81. The van der Waals surface area contributed by atoms with Crippen LogP contribution in [0.3, 0.4) is 0 Å². The van der Waals surface area contributed by atoms with Crippen LogP contribution >= 0.6 is 23.2 Å². The minimum atomic E-state index is 0.198. The fourth-order valence-electron chi connectivity index (χ4n) is 3.73. The van der Waals surface area contributed by atoms with E-state index < -0.39 is 0 Å². The molecule has 2 aliphatic rings. The lowest BCUT2D eigenvalue weighted by Crippen LogP contribution is -2.28. The summed E-state index contributed by atoms with van der Waals surface area (Å²) in [5, 5.41) is 4.74. The highest BCUT2D eigenvalue weighted by Gasteiger charge is 2.69. The van der Waals surface area contributed by atoms with Crippen molar-refractivity contribution < 1.29 is 4.74 Å². The van der Waals surface area contributed by atoms with Gasteiger partial charge in [0.15, 0.2) is 0 Å². The first-order chi connectivity index (χ1) is 8.61. The quantitative estimate of drug-likeness (QED) is 0.922. The van der Waals surface area contributed by atoms with Crippen LogP contribution in [-0.2, 0) is 10.2 Å². The van der Waals surface area contributed by atoms with Crippen molar-refractivity contribution in [3.8, 4) is 0 Å². The summed E-state index contributed by atoms with van der Waals surface area (Å²) in [4.78, 5) is 0. The van der Waals surface area contributed by atoms with E-state index in [0.717, 1.165) is 13.1 Å². The predicted molar refractivity (Wildman–Crippen MR) is 74.5 cm³/mol. The smallest absolute Gasteiger partial charge is 0.0595 e. The van der Waals surface area contributed by atoms with Gasteiger partial charge < -0.3 is 10.1 Å². The summed E-state index contributed by atoms with van der Waals surface area (Å²) in [5.74, 6) is 1.24. The average molecular weight is 286 g/mol. The Balaban J connectivity index is 1.97. The molecule has 1 saturated heterocycles. The molecule has 1 aromatic carbocycles. The van der Waals surface area contributed by atoms with Crippen LogP contribution in [0.25, 0.3) is 0 Å². The van der Waals surface area contributed by atoms with E-state index in [2.05, 4.69) is 18.3 Å². The number of nitrogens with one attached hydrogen (secondary N) is 1. The fourth-order valence-corrected chi connectivity index (χ4v) is 4.03. The van der Waals surface area contributed by atoms with Gasteiger partial charge in [0.2, 0.25) is 0 Å². The van der Waals surface area contributed by atoms with Gasteiger partial charge in [-0.25, -0.2) is 0 Å². The second kappa shape index (κ2) is 4.38. The van der Waals surface area contributed by atoms with Crippen LogP contribution in [0.2, 0.25) is 10.0 Å². The number of methoxy groups -OCH3 is 1. The van der Waals surface area contributed by atoms with Crippen molar-refractivity contribution in [2.45, 2.75) is 18.4 Å². The maximum Gasteiger partial charge on any atom is 0.0595 e. The van der Waals surface area contributed by atoms with Crippen LogP contribution in [0.1, 0.15) is 12.5 Å². The maximum absolute atomic E-state index is 6.15. The standard InChI is InChI=1S/C14H17Cl2NO/c1-8(18-2)13-10-6-17-7-14(10,13)9-3-4-11(15)12(16)5-9/h3-5,8,10,13,17H,6-7H2,1-2H3. The number of ether oxygens (including phenoxy) is 1. The number of hydrogen-bond acceptors (Lipinski definition) is 2. The van der Waals surface area contributed by atoms with Crippen molar-refractivity contribution in [1.82, 2.24) is 5.32 Å². The Morgan fingerprint density at radius 2 is 2.17 bits per heavy atom. The lowest BCUT2D eigenvalue weighted by Gasteiger charge is -2.20. The van der Waals surface area contributed by atoms with E-state index in [1.165, 1.54) is 5.56 Å². The predicted octanol–water partition coefficient (Wildman–Crippen LogP) is 3.12. The Labute approximate surface area is 118 Å². The van der Waals surface area contributed by atoms with Crippen molar-refractivity contribution in [2.24, 2.45) is 11.8 Å². The minimum absolute atomic E-state index is 0.198. The van der Waals surface area contributed by atoms with Crippen LogP contribution in [0.5, 0.6) is 0 Å². The van der Waals surface area contributed by atoms with E-state index >= 15 is 0 Å². The lowest BCUT2D eigenvalue weighted by molar-refractivity contribution is 0.0871. The molecule has 4 atom stereocenters. The van der Waals surface area contributed by atoms with Gasteiger partial charge in [0.05, 0.1) is 16.1 Å². The molecule has 1 aromatic rings. The molecule has 0 bridgehead atoms. The molecule has 0 amide bonds. The SMILES string of the molecule is COC(C)C1C2CNCC21c1ccc(Cl)c(Cl)c1. The van der Waals surface area contributed by atoms with Crippen LogP contribution < -0.4 is 5.32 Å². The van der Waals surface area contributed by atoms with E-state index in [1.807, 2.05) is 12.1 Å². The van der Waals surface area contributed by atoms with Crippen molar-refractivity contribution in [2.75, 3.05) is 20.2 Å². The van der Waals surface area contributed by atoms with Crippen molar-refractivity contribution in [3.05, 3.63) is 33.8 Å². The topological polar surface area (TPSA) is 21.3 Å². The zero-order chi connectivity index (χ0) is 12.9.